The molecule has 3 aliphatic rings. The van der Waals surface area contributed by atoms with Gasteiger partial charge in [0, 0.05) is 31.3 Å². The highest BCUT2D eigenvalue weighted by atomic mass is 16.5. The summed E-state index contributed by atoms with van der Waals surface area (Å²) in [5.74, 6) is 0.775. The summed E-state index contributed by atoms with van der Waals surface area (Å²) < 4.78 is 11.4. The van der Waals surface area contributed by atoms with Crippen LogP contribution in [0.5, 0.6) is 5.75 Å². The summed E-state index contributed by atoms with van der Waals surface area (Å²) in [6.45, 7) is 5.88. The first-order chi connectivity index (χ1) is 17.1. The Morgan fingerprint density at radius 2 is 1.89 bits per heavy atom. The number of benzene rings is 2. The van der Waals surface area contributed by atoms with E-state index in [1.165, 1.54) is 42.4 Å². The van der Waals surface area contributed by atoms with E-state index >= 15 is 0 Å². The molecule has 2 fully saturated rings. The maximum atomic E-state index is 12.8. The van der Waals surface area contributed by atoms with E-state index in [0.29, 0.717) is 17.6 Å². The molecule has 188 valence electrons. The summed E-state index contributed by atoms with van der Waals surface area (Å²) in [7, 11) is 0. The molecule has 0 unspecified atom stereocenters. The molecule has 2 atom stereocenters. The second kappa shape index (κ2) is 11.1. The minimum atomic E-state index is -0.00893. The van der Waals surface area contributed by atoms with E-state index in [4.69, 9.17) is 9.47 Å². The van der Waals surface area contributed by atoms with Gasteiger partial charge in [-0.05, 0) is 91.3 Å². The van der Waals surface area contributed by atoms with Crippen LogP contribution in [0.1, 0.15) is 78.9 Å². The van der Waals surface area contributed by atoms with Gasteiger partial charge in [-0.1, -0.05) is 38.0 Å². The van der Waals surface area contributed by atoms with Crippen molar-refractivity contribution in [3.8, 4) is 5.75 Å². The third-order valence-corrected chi connectivity index (χ3v) is 8.10. The van der Waals surface area contributed by atoms with E-state index in [1.54, 1.807) is 0 Å². The van der Waals surface area contributed by atoms with Gasteiger partial charge in [0.2, 0.25) is 0 Å². The number of hydrogen-bond donors (Lipinski definition) is 2. The number of amides is 1. The molecule has 5 rings (SSSR count). The third kappa shape index (κ3) is 6.45. The molecule has 2 aromatic rings. The molecule has 1 saturated carbocycles. The molecule has 5 heteroatoms. The molecule has 2 aliphatic carbocycles. The maximum absolute atomic E-state index is 12.8. The van der Waals surface area contributed by atoms with E-state index in [0.717, 1.165) is 57.6 Å². The van der Waals surface area contributed by atoms with Gasteiger partial charge in [0.05, 0.1) is 6.10 Å². The second-order valence-corrected chi connectivity index (χ2v) is 11.1. The van der Waals surface area contributed by atoms with Crippen LogP contribution < -0.4 is 15.4 Å². The average molecular weight is 477 g/mol. The number of carbonyl (C=O) groups is 1. The fourth-order valence-corrected chi connectivity index (χ4v) is 5.89. The lowest BCUT2D eigenvalue weighted by Gasteiger charge is -2.27. The number of fused-ring (bicyclic) bond motifs is 1. The normalized spacial score (nSPS) is 23.1. The average Bonchev–Trinajstić information content (AvgIpc) is 3.55. The molecule has 5 nitrogen and oxygen atoms in total. The Bertz CT molecular complexity index is 991. The predicted molar refractivity (Wildman–Crippen MR) is 139 cm³/mol. The van der Waals surface area contributed by atoms with Crippen molar-refractivity contribution in [3.05, 3.63) is 64.7 Å². The third-order valence-electron chi connectivity index (χ3n) is 8.10. The molecular formula is C30H40N2O3. The smallest absolute Gasteiger partial charge is 0.251 e. The molecule has 1 saturated heterocycles. The first-order valence-corrected chi connectivity index (χ1v) is 13.5. The summed E-state index contributed by atoms with van der Waals surface area (Å²) in [6, 6.07) is 14.5. The van der Waals surface area contributed by atoms with Crippen LogP contribution in [0.3, 0.4) is 0 Å². The van der Waals surface area contributed by atoms with Crippen molar-refractivity contribution in [2.24, 2.45) is 5.41 Å². The minimum absolute atomic E-state index is 0.00893. The molecule has 1 aliphatic heterocycles. The summed E-state index contributed by atoms with van der Waals surface area (Å²) in [4.78, 5) is 12.8. The molecule has 0 spiro atoms. The molecular weight excluding hydrogens is 436 g/mol. The number of nitrogens with one attached hydrogen (secondary N) is 2. The first kappa shape index (κ1) is 24.3. The number of ether oxygens (including phenoxy) is 2. The van der Waals surface area contributed by atoms with Crippen LogP contribution in [0.25, 0.3) is 0 Å². The van der Waals surface area contributed by atoms with Crippen LogP contribution in [0, 0.1) is 5.41 Å². The van der Waals surface area contributed by atoms with Crippen molar-refractivity contribution >= 4 is 5.91 Å². The van der Waals surface area contributed by atoms with E-state index in [2.05, 4.69) is 35.8 Å². The molecule has 1 amide bonds. The molecule has 35 heavy (non-hydrogen) atoms. The Morgan fingerprint density at radius 1 is 1.06 bits per heavy atom. The summed E-state index contributed by atoms with van der Waals surface area (Å²) >= 11 is 0. The first-order valence-electron chi connectivity index (χ1n) is 13.5. The summed E-state index contributed by atoms with van der Waals surface area (Å²) in [6.07, 6.45) is 10.7. The van der Waals surface area contributed by atoms with Crippen molar-refractivity contribution in [1.29, 1.82) is 0 Å². The van der Waals surface area contributed by atoms with Crippen molar-refractivity contribution in [2.75, 3.05) is 19.8 Å². The highest BCUT2D eigenvalue weighted by molar-refractivity contribution is 5.94. The molecule has 2 N–H and O–H groups in total. The standard InChI is InChI=1S/C30H40N2O3/c1-30(14-2-3-15-30)21-31-19-22-6-7-25-18-26(11-8-24(25)17-22)32-29(33)23-9-12-27(13-10-23)35-20-28-5-4-16-34-28/h6-7,9-10,12-13,17,26,28,31H,2-5,8,11,14-16,18-21H2,1H3,(H,32,33)/t26-,28-/m0/s1. The van der Waals surface area contributed by atoms with Crippen LogP contribution in [-0.4, -0.2) is 37.8 Å². The van der Waals surface area contributed by atoms with Crippen LogP contribution >= 0.6 is 0 Å². The molecule has 1 heterocycles. The Kier molecular flexibility index (Phi) is 7.74. The van der Waals surface area contributed by atoms with Gasteiger partial charge < -0.3 is 20.1 Å². The number of aryl methyl sites for hydroxylation is 1. The SMILES string of the molecule is CC1(CNCc2ccc3c(c2)CC[C@H](NC(=O)c2ccc(OC[C@@H]4CCCO4)cc2)C3)CCCC1. The minimum Gasteiger partial charge on any atom is -0.491 e. The quantitative estimate of drug-likeness (QED) is 0.522. The van der Waals surface area contributed by atoms with E-state index in [1.807, 2.05) is 24.3 Å². The topological polar surface area (TPSA) is 59.6 Å². The fraction of sp³-hybridized carbons (Fsp3) is 0.567. The van der Waals surface area contributed by atoms with Gasteiger partial charge in [0.15, 0.2) is 0 Å². The Hall–Kier alpha value is -2.37. The second-order valence-electron chi connectivity index (χ2n) is 11.1. The monoisotopic (exact) mass is 476 g/mol. The lowest BCUT2D eigenvalue weighted by molar-refractivity contribution is 0.0679. The van der Waals surface area contributed by atoms with Crippen LogP contribution in [0.2, 0.25) is 0 Å². The molecule has 0 bridgehead atoms. The lowest BCUT2D eigenvalue weighted by Crippen LogP contribution is -2.38. The molecule has 0 aromatic heterocycles. The van der Waals surface area contributed by atoms with Gasteiger partial charge in [0.25, 0.3) is 5.91 Å². The Morgan fingerprint density at radius 3 is 2.66 bits per heavy atom. The Labute approximate surface area is 210 Å². The predicted octanol–water partition coefficient (Wildman–Crippen LogP) is 5.20. The van der Waals surface area contributed by atoms with Crippen molar-refractivity contribution in [3.63, 3.8) is 0 Å². The molecule has 2 aromatic carbocycles. The Balaban J connectivity index is 1.08. The van der Waals surface area contributed by atoms with Crippen molar-refractivity contribution in [2.45, 2.75) is 83.4 Å². The number of rotatable bonds is 9. The van der Waals surface area contributed by atoms with E-state index < -0.39 is 0 Å². The van der Waals surface area contributed by atoms with Gasteiger partial charge >= 0.3 is 0 Å². The highest BCUT2D eigenvalue weighted by Crippen LogP contribution is 2.36. The largest absolute Gasteiger partial charge is 0.491 e. The van der Waals surface area contributed by atoms with Crippen molar-refractivity contribution < 1.29 is 14.3 Å². The lowest BCUT2D eigenvalue weighted by atomic mass is 9.86. The van der Waals surface area contributed by atoms with Crippen LogP contribution in [0.15, 0.2) is 42.5 Å². The van der Waals surface area contributed by atoms with Gasteiger partial charge in [-0.2, -0.15) is 0 Å². The number of carbonyl (C=O) groups excluding carboxylic acids is 1. The van der Waals surface area contributed by atoms with Crippen LogP contribution in [0.4, 0.5) is 0 Å². The zero-order chi connectivity index (χ0) is 24.1. The van der Waals surface area contributed by atoms with Crippen molar-refractivity contribution in [1.82, 2.24) is 10.6 Å². The maximum Gasteiger partial charge on any atom is 0.251 e. The molecule has 0 radical (unpaired) electrons. The van der Waals surface area contributed by atoms with Gasteiger partial charge in [-0.3, -0.25) is 4.79 Å². The highest BCUT2D eigenvalue weighted by Gasteiger charge is 2.28. The summed E-state index contributed by atoms with van der Waals surface area (Å²) in [5, 5.41) is 6.94. The van der Waals surface area contributed by atoms with Crippen LogP contribution in [-0.2, 0) is 24.1 Å². The number of hydrogen-bond acceptors (Lipinski definition) is 4. The van der Waals surface area contributed by atoms with Gasteiger partial charge in [-0.15, -0.1) is 0 Å². The zero-order valence-corrected chi connectivity index (χ0v) is 21.1. The zero-order valence-electron chi connectivity index (χ0n) is 21.1. The van der Waals surface area contributed by atoms with Gasteiger partial charge in [-0.25, -0.2) is 0 Å². The van der Waals surface area contributed by atoms with E-state index in [9.17, 15) is 4.79 Å². The summed E-state index contributed by atoms with van der Waals surface area (Å²) in [5.41, 5.74) is 5.34. The fourth-order valence-electron chi connectivity index (χ4n) is 5.89. The van der Waals surface area contributed by atoms with E-state index in [-0.39, 0.29) is 18.1 Å². The van der Waals surface area contributed by atoms with Gasteiger partial charge in [0.1, 0.15) is 12.4 Å².